The first kappa shape index (κ1) is 17.1. The van der Waals surface area contributed by atoms with Gasteiger partial charge in [0.15, 0.2) is 0 Å². The molecule has 1 aliphatic rings. The summed E-state index contributed by atoms with van der Waals surface area (Å²) >= 11 is 1.70. The molecule has 1 fully saturated rings. The van der Waals surface area contributed by atoms with Gasteiger partial charge in [-0.15, -0.1) is 11.3 Å². The van der Waals surface area contributed by atoms with Crippen molar-refractivity contribution in [2.45, 2.75) is 27.2 Å². The maximum Gasteiger partial charge on any atom is 0.242 e. The van der Waals surface area contributed by atoms with E-state index in [1.165, 1.54) is 4.88 Å². The van der Waals surface area contributed by atoms with Gasteiger partial charge >= 0.3 is 0 Å². The minimum absolute atomic E-state index is 0.140. The SMILES string of the molecule is CCc1cc2c(NCC(=O)N3CCN(CC)CC3)nc(C)nc2s1. The highest BCUT2D eigenvalue weighted by atomic mass is 32.1. The van der Waals surface area contributed by atoms with E-state index < -0.39 is 0 Å². The number of rotatable bonds is 5. The van der Waals surface area contributed by atoms with Gasteiger partial charge in [-0.3, -0.25) is 4.79 Å². The normalized spacial score (nSPS) is 15.9. The van der Waals surface area contributed by atoms with Crippen molar-refractivity contribution in [1.82, 2.24) is 19.8 Å². The fourth-order valence-corrected chi connectivity index (χ4v) is 3.98. The third-order valence-electron chi connectivity index (χ3n) is 4.48. The Hall–Kier alpha value is -1.73. The summed E-state index contributed by atoms with van der Waals surface area (Å²) in [6.45, 7) is 11.1. The molecule has 1 saturated heterocycles. The molecule has 24 heavy (non-hydrogen) atoms. The standard InChI is InChI=1S/C17H25N5OS/c1-4-13-10-14-16(19-12(3)20-17(14)24-13)18-11-15(23)22-8-6-21(5-2)7-9-22/h10H,4-9,11H2,1-3H3,(H,18,19,20). The number of hydrogen-bond acceptors (Lipinski definition) is 6. The van der Waals surface area contributed by atoms with E-state index in [9.17, 15) is 4.79 Å². The number of piperazine rings is 1. The second-order valence-corrected chi connectivity index (χ2v) is 7.19. The molecule has 6 nitrogen and oxygen atoms in total. The van der Waals surface area contributed by atoms with Crippen molar-refractivity contribution in [1.29, 1.82) is 0 Å². The van der Waals surface area contributed by atoms with Crippen molar-refractivity contribution in [3.8, 4) is 0 Å². The zero-order valence-corrected chi connectivity index (χ0v) is 15.4. The topological polar surface area (TPSA) is 61.4 Å². The predicted octanol–water partition coefficient (Wildman–Crippen LogP) is 2.14. The summed E-state index contributed by atoms with van der Waals surface area (Å²) in [7, 11) is 0. The largest absolute Gasteiger partial charge is 0.360 e. The summed E-state index contributed by atoms with van der Waals surface area (Å²) in [5.74, 6) is 1.65. The molecule has 2 aromatic heterocycles. The lowest BCUT2D eigenvalue weighted by atomic mass is 10.3. The van der Waals surface area contributed by atoms with Gasteiger partial charge in [-0.25, -0.2) is 9.97 Å². The lowest BCUT2D eigenvalue weighted by Crippen LogP contribution is -2.49. The number of amides is 1. The zero-order chi connectivity index (χ0) is 17.1. The number of carbonyl (C=O) groups is 1. The van der Waals surface area contributed by atoms with Gasteiger partial charge in [0, 0.05) is 31.1 Å². The Labute approximate surface area is 146 Å². The first-order valence-corrected chi connectivity index (χ1v) is 9.43. The van der Waals surface area contributed by atoms with Crippen LogP contribution in [0.5, 0.6) is 0 Å². The molecular formula is C17H25N5OS. The Balaban J connectivity index is 1.67. The third-order valence-corrected chi connectivity index (χ3v) is 5.66. The summed E-state index contributed by atoms with van der Waals surface area (Å²) in [6.07, 6.45) is 0.986. The molecule has 1 amide bonds. The van der Waals surface area contributed by atoms with Gasteiger partial charge in [-0.2, -0.15) is 0 Å². The van der Waals surface area contributed by atoms with Gasteiger partial charge in [0.05, 0.1) is 11.9 Å². The molecule has 7 heteroatoms. The number of carbonyl (C=O) groups excluding carboxylic acids is 1. The van der Waals surface area contributed by atoms with Crippen molar-refractivity contribution in [3.05, 3.63) is 16.8 Å². The van der Waals surface area contributed by atoms with Crippen LogP contribution < -0.4 is 5.32 Å². The van der Waals surface area contributed by atoms with E-state index in [1.54, 1.807) is 11.3 Å². The molecule has 0 radical (unpaired) electrons. The summed E-state index contributed by atoms with van der Waals surface area (Å²) in [4.78, 5) is 28.0. The average molecular weight is 347 g/mol. The number of nitrogens with one attached hydrogen (secondary N) is 1. The third kappa shape index (κ3) is 3.67. The van der Waals surface area contributed by atoms with Gasteiger partial charge in [0.2, 0.25) is 5.91 Å². The number of likely N-dealkylation sites (N-methyl/N-ethyl adjacent to an activating group) is 1. The van der Waals surface area contributed by atoms with E-state index in [-0.39, 0.29) is 12.5 Å². The summed E-state index contributed by atoms with van der Waals surface area (Å²) in [5.41, 5.74) is 0. The van der Waals surface area contributed by atoms with Crippen molar-refractivity contribution in [2.24, 2.45) is 0 Å². The maximum absolute atomic E-state index is 12.5. The Kier molecular flexibility index (Phi) is 5.30. The molecule has 3 rings (SSSR count). The van der Waals surface area contributed by atoms with Crippen LogP contribution in [0.2, 0.25) is 0 Å². The van der Waals surface area contributed by atoms with Gasteiger partial charge in [0.1, 0.15) is 16.5 Å². The fourth-order valence-electron chi connectivity index (χ4n) is 2.97. The van der Waals surface area contributed by atoms with Gasteiger partial charge in [-0.05, 0) is 26.0 Å². The summed E-state index contributed by atoms with van der Waals surface area (Å²) in [5, 5.41) is 4.26. The van der Waals surface area contributed by atoms with Crippen LogP contribution in [0.15, 0.2) is 6.07 Å². The van der Waals surface area contributed by atoms with Crippen molar-refractivity contribution in [3.63, 3.8) is 0 Å². The first-order valence-electron chi connectivity index (χ1n) is 8.61. The lowest BCUT2D eigenvalue weighted by molar-refractivity contribution is -0.131. The highest BCUT2D eigenvalue weighted by molar-refractivity contribution is 7.18. The number of fused-ring (bicyclic) bond motifs is 1. The first-order chi connectivity index (χ1) is 11.6. The molecule has 1 aliphatic heterocycles. The van der Waals surface area contributed by atoms with Gasteiger partial charge in [0.25, 0.3) is 0 Å². The Morgan fingerprint density at radius 1 is 1.25 bits per heavy atom. The van der Waals surface area contributed by atoms with Crippen molar-refractivity contribution >= 4 is 33.3 Å². The zero-order valence-electron chi connectivity index (χ0n) is 14.6. The molecule has 0 aromatic carbocycles. The van der Waals surface area contributed by atoms with E-state index >= 15 is 0 Å². The lowest BCUT2D eigenvalue weighted by Gasteiger charge is -2.34. The molecular weight excluding hydrogens is 322 g/mol. The molecule has 0 bridgehead atoms. The van der Waals surface area contributed by atoms with Crippen LogP contribution >= 0.6 is 11.3 Å². The van der Waals surface area contributed by atoms with E-state index in [1.807, 2.05) is 11.8 Å². The minimum Gasteiger partial charge on any atom is -0.360 e. The van der Waals surface area contributed by atoms with Crippen LogP contribution in [0.1, 0.15) is 24.5 Å². The predicted molar refractivity (Wildman–Crippen MR) is 98.7 cm³/mol. The van der Waals surface area contributed by atoms with Gasteiger partial charge in [-0.1, -0.05) is 13.8 Å². The molecule has 0 saturated carbocycles. The maximum atomic E-state index is 12.5. The van der Waals surface area contributed by atoms with E-state index in [0.29, 0.717) is 0 Å². The second-order valence-electron chi connectivity index (χ2n) is 6.07. The Bertz CT molecular complexity index is 721. The molecule has 0 atom stereocenters. The van der Waals surface area contributed by atoms with Crippen molar-refractivity contribution in [2.75, 3.05) is 44.6 Å². The van der Waals surface area contributed by atoms with Crippen LogP contribution in [0, 0.1) is 6.92 Å². The van der Waals surface area contributed by atoms with Crippen LogP contribution in [0.25, 0.3) is 10.2 Å². The van der Waals surface area contributed by atoms with E-state index in [2.05, 4.69) is 40.1 Å². The number of thiophene rings is 1. The van der Waals surface area contributed by atoms with Crippen LogP contribution in [-0.2, 0) is 11.2 Å². The highest BCUT2D eigenvalue weighted by Crippen LogP contribution is 2.29. The van der Waals surface area contributed by atoms with E-state index in [4.69, 9.17) is 0 Å². The molecule has 1 N–H and O–H groups in total. The van der Waals surface area contributed by atoms with Crippen LogP contribution in [0.4, 0.5) is 5.82 Å². The Morgan fingerprint density at radius 2 is 2.00 bits per heavy atom. The van der Waals surface area contributed by atoms with Gasteiger partial charge < -0.3 is 15.1 Å². The molecule has 130 valence electrons. The number of anilines is 1. The number of aryl methyl sites for hydroxylation is 2. The summed E-state index contributed by atoms with van der Waals surface area (Å²) in [6, 6.07) is 2.13. The molecule has 0 spiro atoms. The molecule has 3 heterocycles. The minimum atomic E-state index is 0.140. The Morgan fingerprint density at radius 3 is 2.67 bits per heavy atom. The molecule has 0 aliphatic carbocycles. The molecule has 0 unspecified atom stereocenters. The quantitative estimate of drug-likeness (QED) is 0.898. The smallest absolute Gasteiger partial charge is 0.242 e. The molecule has 2 aromatic rings. The fraction of sp³-hybridized carbons (Fsp3) is 0.588. The van der Waals surface area contributed by atoms with Crippen LogP contribution in [-0.4, -0.2) is 64.9 Å². The highest BCUT2D eigenvalue weighted by Gasteiger charge is 2.20. The monoisotopic (exact) mass is 347 g/mol. The summed E-state index contributed by atoms with van der Waals surface area (Å²) < 4.78 is 0. The van der Waals surface area contributed by atoms with Crippen LogP contribution in [0.3, 0.4) is 0 Å². The van der Waals surface area contributed by atoms with E-state index in [0.717, 1.165) is 61.0 Å². The average Bonchev–Trinajstić information content (AvgIpc) is 3.02. The number of aromatic nitrogens is 2. The second kappa shape index (κ2) is 7.44. The number of hydrogen-bond donors (Lipinski definition) is 1. The number of nitrogens with zero attached hydrogens (tertiary/aromatic N) is 4. The van der Waals surface area contributed by atoms with Crippen molar-refractivity contribution < 1.29 is 4.79 Å².